The Morgan fingerprint density at radius 3 is 2.61 bits per heavy atom. The standard InChI is InChI=1S/C18H28N2O3/c1-11(2)16-20-19-14(23-16)6-7-15(21)22-13-10-12-8-9-18(13,5)17(12,3)4/h11-13H,6-10H2,1-5H3/t12-,13+,18-/m1/s1. The molecule has 5 heteroatoms. The van der Waals surface area contributed by atoms with Crippen LogP contribution in [0.1, 0.15) is 78.0 Å². The molecule has 5 nitrogen and oxygen atoms in total. The Bertz CT molecular complexity index is 593. The summed E-state index contributed by atoms with van der Waals surface area (Å²) in [5, 5.41) is 7.98. The molecule has 0 saturated heterocycles. The van der Waals surface area contributed by atoms with E-state index < -0.39 is 0 Å². The molecule has 0 aliphatic heterocycles. The summed E-state index contributed by atoms with van der Waals surface area (Å²) in [6, 6.07) is 0. The molecule has 2 saturated carbocycles. The van der Waals surface area contributed by atoms with Gasteiger partial charge in [0.25, 0.3) is 0 Å². The van der Waals surface area contributed by atoms with E-state index in [1.807, 2.05) is 13.8 Å². The number of nitrogens with zero attached hydrogens (tertiary/aromatic N) is 2. The van der Waals surface area contributed by atoms with Crippen molar-refractivity contribution in [3.63, 3.8) is 0 Å². The molecule has 2 aliphatic rings. The van der Waals surface area contributed by atoms with Gasteiger partial charge in [0, 0.05) is 17.8 Å². The van der Waals surface area contributed by atoms with Gasteiger partial charge in [-0.1, -0.05) is 34.6 Å². The Balaban J connectivity index is 1.54. The minimum atomic E-state index is -0.149. The van der Waals surface area contributed by atoms with Crippen molar-refractivity contribution in [2.45, 2.75) is 78.7 Å². The third kappa shape index (κ3) is 2.68. The first kappa shape index (κ1) is 16.5. The van der Waals surface area contributed by atoms with Crippen molar-refractivity contribution in [3.05, 3.63) is 11.8 Å². The van der Waals surface area contributed by atoms with Crippen molar-refractivity contribution in [2.75, 3.05) is 0 Å². The number of hydrogen-bond donors (Lipinski definition) is 0. The number of ether oxygens (including phenoxy) is 1. The number of rotatable bonds is 5. The highest BCUT2D eigenvalue weighted by Gasteiger charge is 2.62. The first-order valence-electron chi connectivity index (χ1n) is 8.76. The lowest BCUT2D eigenvalue weighted by Gasteiger charge is -2.38. The molecule has 1 aromatic rings. The Labute approximate surface area is 138 Å². The predicted molar refractivity (Wildman–Crippen MR) is 85.8 cm³/mol. The maximum absolute atomic E-state index is 12.2. The van der Waals surface area contributed by atoms with Crippen molar-refractivity contribution < 1.29 is 13.9 Å². The zero-order valence-corrected chi connectivity index (χ0v) is 14.9. The van der Waals surface area contributed by atoms with Crippen LogP contribution >= 0.6 is 0 Å². The quantitative estimate of drug-likeness (QED) is 0.770. The second kappa shape index (κ2) is 5.60. The van der Waals surface area contributed by atoms with E-state index in [9.17, 15) is 4.79 Å². The molecule has 128 valence electrons. The number of carbonyl (C=O) groups excluding carboxylic acids is 1. The average molecular weight is 320 g/mol. The van der Waals surface area contributed by atoms with Crippen LogP contribution < -0.4 is 0 Å². The zero-order valence-electron chi connectivity index (χ0n) is 14.9. The van der Waals surface area contributed by atoms with Gasteiger partial charge in [-0.05, 0) is 30.6 Å². The monoisotopic (exact) mass is 320 g/mol. The largest absolute Gasteiger partial charge is 0.462 e. The fraction of sp³-hybridized carbons (Fsp3) is 0.833. The van der Waals surface area contributed by atoms with E-state index in [0.29, 0.717) is 30.5 Å². The molecular formula is C18H28N2O3. The molecule has 3 atom stereocenters. The molecule has 1 heterocycles. The van der Waals surface area contributed by atoms with Gasteiger partial charge in [0.15, 0.2) is 0 Å². The second-order valence-corrected chi connectivity index (χ2v) is 8.28. The number of fused-ring (bicyclic) bond motifs is 2. The fourth-order valence-corrected chi connectivity index (χ4v) is 4.34. The van der Waals surface area contributed by atoms with E-state index >= 15 is 0 Å². The third-order valence-corrected chi connectivity index (χ3v) is 6.51. The Kier molecular flexibility index (Phi) is 4.01. The van der Waals surface area contributed by atoms with Crippen LogP contribution in [0.15, 0.2) is 4.42 Å². The van der Waals surface area contributed by atoms with Crippen LogP contribution in [0, 0.1) is 16.7 Å². The SMILES string of the molecule is CC(C)c1nnc(CCC(=O)O[C@H]2C[C@H]3CC[C@@]2(C)C3(C)C)o1. The minimum absolute atomic E-state index is 0.0534. The maximum Gasteiger partial charge on any atom is 0.306 e. The smallest absolute Gasteiger partial charge is 0.306 e. The van der Waals surface area contributed by atoms with Gasteiger partial charge in [-0.3, -0.25) is 4.79 Å². The van der Waals surface area contributed by atoms with Crippen molar-refractivity contribution in [1.29, 1.82) is 0 Å². The van der Waals surface area contributed by atoms with Crippen molar-refractivity contribution in [2.24, 2.45) is 16.7 Å². The molecular weight excluding hydrogens is 292 g/mol. The predicted octanol–water partition coefficient (Wildman–Crippen LogP) is 3.88. The Hall–Kier alpha value is -1.39. The van der Waals surface area contributed by atoms with Gasteiger partial charge in [-0.2, -0.15) is 0 Å². The molecule has 0 spiro atoms. The summed E-state index contributed by atoms with van der Waals surface area (Å²) in [5.74, 6) is 1.87. The molecule has 0 amide bonds. The van der Waals surface area contributed by atoms with E-state index in [-0.39, 0.29) is 28.8 Å². The average Bonchev–Trinajstić information content (AvgIpc) is 3.08. The van der Waals surface area contributed by atoms with Crippen LogP contribution in [0.2, 0.25) is 0 Å². The van der Waals surface area contributed by atoms with Crippen LogP contribution in [0.5, 0.6) is 0 Å². The van der Waals surface area contributed by atoms with Gasteiger partial charge >= 0.3 is 5.97 Å². The topological polar surface area (TPSA) is 65.2 Å². The highest BCUT2D eigenvalue weighted by atomic mass is 16.5. The first-order chi connectivity index (χ1) is 10.7. The Morgan fingerprint density at radius 1 is 1.35 bits per heavy atom. The number of hydrogen-bond acceptors (Lipinski definition) is 5. The van der Waals surface area contributed by atoms with E-state index in [4.69, 9.17) is 9.15 Å². The fourth-order valence-electron chi connectivity index (χ4n) is 4.34. The van der Waals surface area contributed by atoms with Crippen molar-refractivity contribution >= 4 is 5.97 Å². The van der Waals surface area contributed by atoms with Crippen molar-refractivity contribution in [3.8, 4) is 0 Å². The van der Waals surface area contributed by atoms with Crippen LogP contribution in [0.3, 0.4) is 0 Å². The summed E-state index contributed by atoms with van der Waals surface area (Å²) in [6.07, 6.45) is 4.23. The maximum atomic E-state index is 12.2. The summed E-state index contributed by atoms with van der Waals surface area (Å²) in [5.41, 5.74) is 0.374. The van der Waals surface area contributed by atoms with Crippen LogP contribution in [-0.2, 0) is 16.0 Å². The van der Waals surface area contributed by atoms with E-state index in [1.165, 1.54) is 6.42 Å². The lowest BCUT2D eigenvalue weighted by Crippen LogP contribution is -2.38. The third-order valence-electron chi connectivity index (χ3n) is 6.51. The molecule has 0 N–H and O–H groups in total. The molecule has 0 radical (unpaired) electrons. The Morgan fingerprint density at radius 2 is 2.09 bits per heavy atom. The molecule has 23 heavy (non-hydrogen) atoms. The molecule has 2 aliphatic carbocycles. The van der Waals surface area contributed by atoms with Crippen LogP contribution in [-0.4, -0.2) is 22.3 Å². The van der Waals surface area contributed by atoms with E-state index in [2.05, 4.69) is 31.0 Å². The molecule has 0 aromatic carbocycles. The van der Waals surface area contributed by atoms with Gasteiger partial charge in [0.1, 0.15) is 6.10 Å². The van der Waals surface area contributed by atoms with Gasteiger partial charge in [-0.25, -0.2) is 0 Å². The molecule has 1 aromatic heterocycles. The molecule has 0 unspecified atom stereocenters. The van der Waals surface area contributed by atoms with E-state index in [0.717, 1.165) is 12.8 Å². The van der Waals surface area contributed by atoms with Crippen LogP contribution in [0.25, 0.3) is 0 Å². The minimum Gasteiger partial charge on any atom is -0.462 e. The highest BCUT2D eigenvalue weighted by Crippen LogP contribution is 2.66. The summed E-state index contributed by atoms with van der Waals surface area (Å²) < 4.78 is 11.4. The number of esters is 1. The molecule has 2 bridgehead atoms. The van der Waals surface area contributed by atoms with Gasteiger partial charge in [0.05, 0.1) is 6.42 Å². The zero-order chi connectivity index (χ0) is 16.8. The summed E-state index contributed by atoms with van der Waals surface area (Å²) in [7, 11) is 0. The lowest BCUT2D eigenvalue weighted by molar-refractivity contribution is -0.156. The van der Waals surface area contributed by atoms with Gasteiger partial charge in [-0.15, -0.1) is 10.2 Å². The lowest BCUT2D eigenvalue weighted by atomic mass is 9.70. The molecule has 3 rings (SSSR count). The van der Waals surface area contributed by atoms with E-state index in [1.54, 1.807) is 0 Å². The number of aryl methyl sites for hydroxylation is 1. The van der Waals surface area contributed by atoms with Crippen molar-refractivity contribution in [1.82, 2.24) is 10.2 Å². The summed E-state index contributed by atoms with van der Waals surface area (Å²) >= 11 is 0. The molecule has 2 fully saturated rings. The summed E-state index contributed by atoms with van der Waals surface area (Å²) in [6.45, 7) is 10.9. The van der Waals surface area contributed by atoms with Gasteiger partial charge in [0.2, 0.25) is 11.8 Å². The summed E-state index contributed by atoms with van der Waals surface area (Å²) in [4.78, 5) is 12.2. The number of carbonyl (C=O) groups is 1. The van der Waals surface area contributed by atoms with Crippen LogP contribution in [0.4, 0.5) is 0 Å². The number of aromatic nitrogens is 2. The first-order valence-corrected chi connectivity index (χ1v) is 8.76. The van der Waals surface area contributed by atoms with Gasteiger partial charge < -0.3 is 9.15 Å². The second-order valence-electron chi connectivity index (χ2n) is 8.28. The highest BCUT2D eigenvalue weighted by molar-refractivity contribution is 5.70. The normalized spacial score (nSPS) is 31.7.